The second kappa shape index (κ2) is 7.90. The molecule has 0 radical (unpaired) electrons. The van der Waals surface area contributed by atoms with Crippen molar-refractivity contribution in [3.63, 3.8) is 0 Å². The molecule has 0 heterocycles. The number of hydrogen-bond donors (Lipinski definition) is 1. The zero-order chi connectivity index (χ0) is 17.6. The predicted octanol–water partition coefficient (Wildman–Crippen LogP) is 2.42. The molecule has 24 heavy (non-hydrogen) atoms. The molecule has 0 aliphatic carbocycles. The first-order chi connectivity index (χ1) is 11.4. The lowest BCUT2D eigenvalue weighted by molar-refractivity contribution is 0.0958. The molecule has 0 spiro atoms. The number of rotatable bonds is 7. The molecule has 2 aromatic rings. The third kappa shape index (κ3) is 4.31. The normalized spacial score (nSPS) is 11.2. The number of hydrogen-bond acceptors (Lipinski definition) is 3. The van der Waals surface area contributed by atoms with E-state index in [0.717, 1.165) is 5.56 Å². The fourth-order valence-electron chi connectivity index (χ4n) is 2.14. The topological polar surface area (TPSA) is 66.5 Å². The van der Waals surface area contributed by atoms with Crippen molar-refractivity contribution in [2.24, 2.45) is 0 Å². The Balaban J connectivity index is 2.08. The monoisotopic (exact) mass is 344 g/mol. The van der Waals surface area contributed by atoms with Crippen LogP contribution in [-0.2, 0) is 16.6 Å². The van der Waals surface area contributed by atoms with Crippen molar-refractivity contribution in [1.29, 1.82) is 0 Å². The highest BCUT2D eigenvalue weighted by Gasteiger charge is 2.20. The number of amides is 1. The highest BCUT2D eigenvalue weighted by molar-refractivity contribution is 7.89. The van der Waals surface area contributed by atoms with Crippen LogP contribution in [0.4, 0.5) is 0 Å². The Labute approximate surface area is 142 Å². The number of sulfonamides is 1. The maximum atomic E-state index is 12.5. The summed E-state index contributed by atoms with van der Waals surface area (Å²) in [6.45, 7) is 4.17. The van der Waals surface area contributed by atoms with Gasteiger partial charge in [0.1, 0.15) is 0 Å². The molecule has 2 rings (SSSR count). The second-order valence-corrected chi connectivity index (χ2v) is 7.31. The van der Waals surface area contributed by atoms with Gasteiger partial charge in [0.05, 0.1) is 4.90 Å². The molecule has 0 aliphatic heterocycles. The van der Waals surface area contributed by atoms with Crippen LogP contribution in [0.5, 0.6) is 0 Å². The van der Waals surface area contributed by atoms with Crippen molar-refractivity contribution in [2.45, 2.75) is 11.4 Å². The zero-order valence-electron chi connectivity index (χ0n) is 13.5. The van der Waals surface area contributed by atoms with Crippen molar-refractivity contribution in [3.8, 4) is 0 Å². The van der Waals surface area contributed by atoms with E-state index < -0.39 is 10.0 Å². The number of carbonyl (C=O) groups is 1. The van der Waals surface area contributed by atoms with Crippen LogP contribution in [0.3, 0.4) is 0 Å². The molecule has 6 heteroatoms. The average molecular weight is 344 g/mol. The van der Waals surface area contributed by atoms with E-state index >= 15 is 0 Å². The van der Waals surface area contributed by atoms with Gasteiger partial charge in [-0.15, -0.1) is 6.58 Å². The van der Waals surface area contributed by atoms with Gasteiger partial charge >= 0.3 is 0 Å². The fourth-order valence-corrected chi connectivity index (χ4v) is 3.32. The molecule has 126 valence electrons. The minimum atomic E-state index is -3.53. The predicted molar refractivity (Wildman–Crippen MR) is 94.1 cm³/mol. The summed E-state index contributed by atoms with van der Waals surface area (Å²) in [7, 11) is -2.00. The van der Waals surface area contributed by atoms with Crippen molar-refractivity contribution in [2.75, 3.05) is 13.6 Å². The van der Waals surface area contributed by atoms with Crippen molar-refractivity contribution in [1.82, 2.24) is 9.62 Å². The Morgan fingerprint density at radius 3 is 2.33 bits per heavy atom. The summed E-state index contributed by atoms with van der Waals surface area (Å²) < 4.78 is 26.3. The van der Waals surface area contributed by atoms with Gasteiger partial charge in [-0.05, 0) is 29.8 Å². The quantitative estimate of drug-likeness (QED) is 0.785. The van der Waals surface area contributed by atoms with Gasteiger partial charge < -0.3 is 5.32 Å². The Kier molecular flexibility index (Phi) is 5.89. The Morgan fingerprint density at radius 1 is 1.12 bits per heavy atom. The molecular weight excluding hydrogens is 324 g/mol. The molecule has 5 nitrogen and oxygen atoms in total. The third-order valence-corrected chi connectivity index (χ3v) is 5.30. The van der Waals surface area contributed by atoms with Gasteiger partial charge in [-0.3, -0.25) is 4.79 Å². The molecule has 0 bridgehead atoms. The molecule has 0 fully saturated rings. The standard InChI is InChI=1S/C18H20N2O3S/c1-3-13-19-18(21)16-11-9-15(10-12-16)14-20(2)24(22,23)17-7-5-4-6-8-17/h3-12H,1,13-14H2,2H3,(H,19,21). The summed E-state index contributed by atoms with van der Waals surface area (Å²) in [5.74, 6) is -0.188. The summed E-state index contributed by atoms with van der Waals surface area (Å²) >= 11 is 0. The lowest BCUT2D eigenvalue weighted by Gasteiger charge is -2.17. The van der Waals surface area contributed by atoms with Crippen molar-refractivity contribution < 1.29 is 13.2 Å². The minimum absolute atomic E-state index is 0.188. The molecule has 0 atom stereocenters. The molecule has 0 saturated carbocycles. The molecule has 0 unspecified atom stereocenters. The lowest BCUT2D eigenvalue weighted by Crippen LogP contribution is -2.26. The van der Waals surface area contributed by atoms with E-state index in [1.165, 1.54) is 11.4 Å². The van der Waals surface area contributed by atoms with Crippen LogP contribution in [0.1, 0.15) is 15.9 Å². The molecule has 1 amide bonds. The molecular formula is C18H20N2O3S. The lowest BCUT2D eigenvalue weighted by atomic mass is 10.1. The summed E-state index contributed by atoms with van der Waals surface area (Å²) in [6, 6.07) is 15.1. The minimum Gasteiger partial charge on any atom is -0.349 e. The van der Waals surface area contributed by atoms with Crippen LogP contribution < -0.4 is 5.32 Å². The number of carbonyl (C=O) groups excluding carboxylic acids is 1. The van der Waals surface area contributed by atoms with E-state index in [0.29, 0.717) is 12.1 Å². The summed E-state index contributed by atoms with van der Waals surface area (Å²) in [5.41, 5.74) is 1.33. The largest absolute Gasteiger partial charge is 0.349 e. The smallest absolute Gasteiger partial charge is 0.251 e. The molecule has 0 saturated heterocycles. The fraction of sp³-hybridized carbons (Fsp3) is 0.167. The van der Waals surface area contributed by atoms with Crippen LogP contribution >= 0.6 is 0 Å². The average Bonchev–Trinajstić information content (AvgIpc) is 2.61. The van der Waals surface area contributed by atoms with Gasteiger partial charge in [0, 0.05) is 25.7 Å². The maximum Gasteiger partial charge on any atom is 0.251 e. The first-order valence-electron chi connectivity index (χ1n) is 7.44. The van der Waals surface area contributed by atoms with Crippen LogP contribution in [0, 0.1) is 0 Å². The Bertz CT molecular complexity index is 800. The van der Waals surface area contributed by atoms with E-state index in [4.69, 9.17) is 0 Å². The Morgan fingerprint density at radius 2 is 1.75 bits per heavy atom. The zero-order valence-corrected chi connectivity index (χ0v) is 14.3. The molecule has 1 N–H and O–H groups in total. The molecule has 0 aliphatic rings. The van der Waals surface area contributed by atoms with Crippen LogP contribution in [0.25, 0.3) is 0 Å². The highest BCUT2D eigenvalue weighted by atomic mass is 32.2. The van der Waals surface area contributed by atoms with Crippen LogP contribution in [0.2, 0.25) is 0 Å². The number of benzene rings is 2. The SMILES string of the molecule is C=CCNC(=O)c1ccc(CN(C)S(=O)(=O)c2ccccc2)cc1. The van der Waals surface area contributed by atoms with Gasteiger partial charge in [-0.25, -0.2) is 8.42 Å². The van der Waals surface area contributed by atoms with E-state index in [1.54, 1.807) is 60.7 Å². The second-order valence-electron chi connectivity index (χ2n) is 5.27. The first-order valence-corrected chi connectivity index (χ1v) is 8.88. The Hall–Kier alpha value is -2.44. The van der Waals surface area contributed by atoms with Crippen LogP contribution in [-0.4, -0.2) is 32.2 Å². The maximum absolute atomic E-state index is 12.5. The van der Waals surface area contributed by atoms with Gasteiger partial charge in [-0.2, -0.15) is 4.31 Å². The van der Waals surface area contributed by atoms with E-state index in [1.807, 2.05) is 0 Å². The summed E-state index contributed by atoms with van der Waals surface area (Å²) in [6.07, 6.45) is 1.61. The van der Waals surface area contributed by atoms with Crippen molar-refractivity contribution in [3.05, 3.63) is 78.4 Å². The van der Waals surface area contributed by atoms with E-state index in [9.17, 15) is 13.2 Å². The highest BCUT2D eigenvalue weighted by Crippen LogP contribution is 2.16. The number of nitrogens with zero attached hydrogens (tertiary/aromatic N) is 1. The van der Waals surface area contributed by atoms with E-state index in [-0.39, 0.29) is 17.3 Å². The summed E-state index contributed by atoms with van der Waals surface area (Å²) in [4.78, 5) is 12.1. The van der Waals surface area contributed by atoms with Gasteiger partial charge in [0.25, 0.3) is 5.91 Å². The van der Waals surface area contributed by atoms with Gasteiger partial charge in [0.2, 0.25) is 10.0 Å². The van der Waals surface area contributed by atoms with Crippen LogP contribution in [0.15, 0.2) is 72.1 Å². The third-order valence-electron chi connectivity index (χ3n) is 3.48. The number of nitrogens with one attached hydrogen (secondary N) is 1. The molecule has 2 aromatic carbocycles. The first kappa shape index (κ1) is 17.9. The summed E-state index contributed by atoms with van der Waals surface area (Å²) in [5, 5.41) is 2.69. The molecule has 0 aromatic heterocycles. The van der Waals surface area contributed by atoms with Crippen molar-refractivity contribution >= 4 is 15.9 Å². The van der Waals surface area contributed by atoms with Gasteiger partial charge in [0.15, 0.2) is 0 Å². The van der Waals surface area contributed by atoms with Gasteiger partial charge in [-0.1, -0.05) is 36.4 Å². The van der Waals surface area contributed by atoms with E-state index in [2.05, 4.69) is 11.9 Å².